The quantitative estimate of drug-likeness (QED) is 0.166. The fourth-order valence-corrected chi connectivity index (χ4v) is 3.00. The molecule has 2 nitrogen and oxygen atoms in total. The molecule has 23 heavy (non-hydrogen) atoms. The molecule has 0 N–H and O–H groups in total. The smallest absolute Gasteiger partial charge is 0.330 e. The van der Waals surface area contributed by atoms with Crippen molar-refractivity contribution in [1.82, 2.24) is 0 Å². The highest BCUT2D eigenvalue weighted by molar-refractivity contribution is 5.81. The molecule has 0 aromatic heterocycles. The Morgan fingerprint density at radius 2 is 1.26 bits per heavy atom. The van der Waals surface area contributed by atoms with Crippen LogP contribution in [0.5, 0.6) is 0 Å². The molecule has 0 aromatic rings. The minimum absolute atomic E-state index is 0.277. The van der Waals surface area contributed by atoms with Crippen molar-refractivity contribution in [3.8, 4) is 0 Å². The fraction of sp³-hybridized carbons (Fsp3) is 0.857. The van der Waals surface area contributed by atoms with E-state index in [0.29, 0.717) is 12.5 Å². The fourth-order valence-electron chi connectivity index (χ4n) is 3.00. The monoisotopic (exact) mass is 324 g/mol. The van der Waals surface area contributed by atoms with Gasteiger partial charge < -0.3 is 4.74 Å². The molecule has 0 saturated carbocycles. The first-order valence-electron chi connectivity index (χ1n) is 10.0. The molecule has 0 saturated heterocycles. The van der Waals surface area contributed by atoms with Gasteiger partial charge in [-0.25, -0.2) is 4.79 Å². The third-order valence-electron chi connectivity index (χ3n) is 4.56. The summed E-state index contributed by atoms with van der Waals surface area (Å²) in [6.45, 7) is 8.56. The lowest BCUT2D eigenvalue weighted by Gasteiger charge is -2.16. The van der Waals surface area contributed by atoms with Gasteiger partial charge in [-0.15, -0.1) is 0 Å². The molecule has 0 atom stereocenters. The highest BCUT2D eigenvalue weighted by Gasteiger charge is 2.11. The van der Waals surface area contributed by atoms with E-state index in [0.717, 1.165) is 0 Å². The largest absolute Gasteiger partial charge is 0.462 e. The molecule has 2 heteroatoms. The summed E-state index contributed by atoms with van der Waals surface area (Å²) in [5.74, 6) is 0.261. The Labute approximate surface area is 145 Å². The molecule has 0 aromatic carbocycles. The van der Waals surface area contributed by atoms with Gasteiger partial charge in [0.2, 0.25) is 0 Å². The maximum absolute atomic E-state index is 11.3. The van der Waals surface area contributed by atoms with Gasteiger partial charge in [-0.2, -0.15) is 0 Å². The van der Waals surface area contributed by atoms with E-state index in [9.17, 15) is 4.79 Å². The number of unbranched alkanes of at least 4 members (excludes halogenated alkanes) is 10. The van der Waals surface area contributed by atoms with Crippen LogP contribution in [0.2, 0.25) is 0 Å². The van der Waals surface area contributed by atoms with Crippen LogP contribution < -0.4 is 0 Å². The van der Waals surface area contributed by atoms with E-state index < -0.39 is 0 Å². The highest BCUT2D eigenvalue weighted by Crippen LogP contribution is 2.19. The minimum Gasteiger partial charge on any atom is -0.462 e. The third kappa shape index (κ3) is 15.9. The van der Waals surface area contributed by atoms with Gasteiger partial charge in [0.25, 0.3) is 0 Å². The Kier molecular flexibility index (Phi) is 17.0. The van der Waals surface area contributed by atoms with Gasteiger partial charge in [-0.3, -0.25) is 0 Å². The second-order valence-corrected chi connectivity index (χ2v) is 6.81. The molecule has 0 aliphatic rings. The van der Waals surface area contributed by atoms with Gasteiger partial charge in [0.05, 0.1) is 6.61 Å². The van der Waals surface area contributed by atoms with Gasteiger partial charge in [0.15, 0.2) is 0 Å². The van der Waals surface area contributed by atoms with Gasteiger partial charge in [0, 0.05) is 6.08 Å². The molecule has 0 heterocycles. The molecular formula is C21H40O2. The van der Waals surface area contributed by atoms with Crippen molar-refractivity contribution in [3.63, 3.8) is 0 Å². The maximum atomic E-state index is 11.3. The van der Waals surface area contributed by atoms with Crippen LogP contribution >= 0.6 is 0 Å². The molecule has 0 fully saturated rings. The zero-order valence-corrected chi connectivity index (χ0v) is 15.8. The summed E-state index contributed by atoms with van der Waals surface area (Å²) in [5, 5.41) is 0. The predicted molar refractivity (Wildman–Crippen MR) is 101 cm³/mol. The van der Waals surface area contributed by atoms with Crippen LogP contribution in [0.15, 0.2) is 12.7 Å². The molecule has 0 unspecified atom stereocenters. The Morgan fingerprint density at radius 3 is 1.70 bits per heavy atom. The SMILES string of the molecule is C=CC(=O)OCC(CCCCCCCC)CCCCCCCC. The van der Waals surface area contributed by atoms with Crippen molar-refractivity contribution in [2.75, 3.05) is 6.61 Å². The van der Waals surface area contributed by atoms with Crippen molar-refractivity contribution in [2.24, 2.45) is 5.92 Å². The molecular weight excluding hydrogens is 284 g/mol. The first-order chi connectivity index (χ1) is 11.2. The van der Waals surface area contributed by atoms with E-state index in [1.54, 1.807) is 0 Å². The first kappa shape index (κ1) is 22.2. The van der Waals surface area contributed by atoms with Crippen molar-refractivity contribution in [2.45, 2.75) is 104 Å². The summed E-state index contributed by atoms with van der Waals surface area (Å²) >= 11 is 0. The summed E-state index contributed by atoms with van der Waals surface area (Å²) in [5.41, 5.74) is 0. The zero-order chi connectivity index (χ0) is 17.2. The van der Waals surface area contributed by atoms with Gasteiger partial charge in [0.1, 0.15) is 0 Å². The number of ether oxygens (including phenoxy) is 1. The average Bonchev–Trinajstić information content (AvgIpc) is 2.57. The summed E-state index contributed by atoms with van der Waals surface area (Å²) in [6, 6.07) is 0. The van der Waals surface area contributed by atoms with Crippen molar-refractivity contribution < 1.29 is 9.53 Å². The second kappa shape index (κ2) is 17.6. The lowest BCUT2D eigenvalue weighted by Crippen LogP contribution is -2.13. The van der Waals surface area contributed by atoms with Gasteiger partial charge >= 0.3 is 5.97 Å². The number of carbonyl (C=O) groups is 1. The second-order valence-electron chi connectivity index (χ2n) is 6.81. The summed E-state index contributed by atoms with van der Waals surface area (Å²) in [7, 11) is 0. The van der Waals surface area contributed by atoms with Crippen LogP contribution in [0.4, 0.5) is 0 Å². The predicted octanol–water partition coefficient (Wildman–Crippen LogP) is 6.83. The minimum atomic E-state index is -0.277. The van der Waals surface area contributed by atoms with Crippen LogP contribution in [0, 0.1) is 5.92 Å². The molecule has 0 rings (SSSR count). The number of carbonyl (C=O) groups excluding carboxylic acids is 1. The van der Waals surface area contributed by atoms with E-state index in [-0.39, 0.29) is 5.97 Å². The molecule has 0 radical (unpaired) electrons. The van der Waals surface area contributed by atoms with E-state index in [2.05, 4.69) is 20.4 Å². The van der Waals surface area contributed by atoms with Crippen LogP contribution in [0.3, 0.4) is 0 Å². The Balaban J connectivity index is 3.84. The molecule has 0 amide bonds. The van der Waals surface area contributed by atoms with Gasteiger partial charge in [-0.05, 0) is 18.8 Å². The molecule has 0 bridgehead atoms. The lowest BCUT2D eigenvalue weighted by atomic mass is 9.95. The summed E-state index contributed by atoms with van der Waals surface area (Å²) in [6.07, 6.45) is 19.6. The zero-order valence-electron chi connectivity index (χ0n) is 15.8. The van der Waals surface area contributed by atoms with E-state index in [1.807, 2.05) is 0 Å². The van der Waals surface area contributed by atoms with Gasteiger partial charge in [-0.1, -0.05) is 97.5 Å². The van der Waals surface area contributed by atoms with E-state index in [1.165, 1.54) is 96.0 Å². The standard InChI is InChI=1S/C21H40O2/c1-4-7-9-11-13-15-17-20(19-23-21(22)6-3)18-16-14-12-10-8-5-2/h6,20H,3-5,7-19H2,1-2H3. The van der Waals surface area contributed by atoms with E-state index in [4.69, 9.17) is 4.74 Å². The molecule has 0 aliphatic heterocycles. The Morgan fingerprint density at radius 1 is 0.826 bits per heavy atom. The van der Waals surface area contributed by atoms with Crippen molar-refractivity contribution >= 4 is 5.97 Å². The number of hydrogen-bond acceptors (Lipinski definition) is 2. The average molecular weight is 325 g/mol. The lowest BCUT2D eigenvalue weighted by molar-refractivity contribution is -0.139. The summed E-state index contributed by atoms with van der Waals surface area (Å²) < 4.78 is 5.29. The van der Waals surface area contributed by atoms with Crippen LogP contribution in [-0.4, -0.2) is 12.6 Å². The van der Waals surface area contributed by atoms with Crippen LogP contribution in [-0.2, 0) is 9.53 Å². The molecule has 0 spiro atoms. The number of esters is 1. The summed E-state index contributed by atoms with van der Waals surface area (Å²) in [4.78, 5) is 11.3. The Bertz CT molecular complexity index is 257. The van der Waals surface area contributed by atoms with Crippen molar-refractivity contribution in [3.05, 3.63) is 12.7 Å². The molecule has 0 aliphatic carbocycles. The number of rotatable bonds is 17. The third-order valence-corrected chi connectivity index (χ3v) is 4.56. The number of hydrogen-bond donors (Lipinski definition) is 0. The van der Waals surface area contributed by atoms with Crippen LogP contribution in [0.1, 0.15) is 104 Å². The van der Waals surface area contributed by atoms with Crippen LogP contribution in [0.25, 0.3) is 0 Å². The topological polar surface area (TPSA) is 26.3 Å². The molecule has 136 valence electrons. The maximum Gasteiger partial charge on any atom is 0.330 e. The Hall–Kier alpha value is -0.790. The normalized spacial score (nSPS) is 10.9. The van der Waals surface area contributed by atoms with Crippen molar-refractivity contribution in [1.29, 1.82) is 0 Å². The van der Waals surface area contributed by atoms with E-state index >= 15 is 0 Å². The first-order valence-corrected chi connectivity index (χ1v) is 10.0. The highest BCUT2D eigenvalue weighted by atomic mass is 16.5.